The van der Waals surface area contributed by atoms with Gasteiger partial charge >= 0.3 is 0 Å². The van der Waals surface area contributed by atoms with Crippen LogP contribution in [0.15, 0.2) is 0 Å². The van der Waals surface area contributed by atoms with Gasteiger partial charge in [-0.15, -0.1) is 0 Å². The van der Waals surface area contributed by atoms with Crippen molar-refractivity contribution in [3.63, 3.8) is 0 Å². The van der Waals surface area contributed by atoms with Crippen molar-refractivity contribution in [2.75, 3.05) is 6.61 Å². The van der Waals surface area contributed by atoms with Crippen LogP contribution in [0.1, 0.15) is 72.6 Å². The average molecular weight is 270 g/mol. The fourth-order valence-corrected chi connectivity index (χ4v) is 3.35. The molecule has 0 saturated carbocycles. The molecule has 0 spiro atoms. The van der Waals surface area contributed by atoms with E-state index in [0.717, 1.165) is 12.5 Å². The zero-order valence-corrected chi connectivity index (χ0v) is 13.4. The van der Waals surface area contributed by atoms with Crippen LogP contribution < -0.4 is 11.3 Å². The maximum absolute atomic E-state index is 5.70. The molecule has 1 aliphatic rings. The van der Waals surface area contributed by atoms with Crippen molar-refractivity contribution in [2.24, 2.45) is 17.2 Å². The van der Waals surface area contributed by atoms with Crippen LogP contribution in [0.25, 0.3) is 0 Å². The molecule has 0 aromatic rings. The van der Waals surface area contributed by atoms with E-state index in [2.05, 4.69) is 33.1 Å². The van der Waals surface area contributed by atoms with Crippen LogP contribution in [0, 0.1) is 11.3 Å². The van der Waals surface area contributed by atoms with Crippen molar-refractivity contribution in [2.45, 2.75) is 84.8 Å². The molecule has 114 valence electrons. The fraction of sp³-hybridized carbons (Fsp3) is 1.00. The Morgan fingerprint density at radius 2 is 2.11 bits per heavy atom. The fourth-order valence-electron chi connectivity index (χ4n) is 3.35. The predicted molar refractivity (Wildman–Crippen MR) is 81.8 cm³/mol. The van der Waals surface area contributed by atoms with Gasteiger partial charge in [-0.05, 0) is 56.3 Å². The molecule has 3 atom stereocenters. The van der Waals surface area contributed by atoms with Crippen molar-refractivity contribution >= 4 is 0 Å². The zero-order valence-electron chi connectivity index (χ0n) is 13.4. The molecule has 0 aliphatic carbocycles. The minimum absolute atomic E-state index is 0.413. The van der Waals surface area contributed by atoms with Crippen LogP contribution in [0.3, 0.4) is 0 Å². The van der Waals surface area contributed by atoms with Gasteiger partial charge in [-0.1, -0.05) is 27.7 Å². The summed E-state index contributed by atoms with van der Waals surface area (Å²) in [5, 5.41) is 0. The number of nitrogens with one attached hydrogen (secondary N) is 1. The SMILES string of the molecule is CC(CC(CCCC1CCCO1)NN)CC(C)(C)C. The molecule has 3 N–H and O–H groups in total. The van der Waals surface area contributed by atoms with E-state index in [0.29, 0.717) is 17.6 Å². The number of hydrazine groups is 1. The summed E-state index contributed by atoms with van der Waals surface area (Å²) in [5.41, 5.74) is 3.42. The summed E-state index contributed by atoms with van der Waals surface area (Å²) in [6.07, 6.45) is 9.05. The Balaban J connectivity index is 2.17. The van der Waals surface area contributed by atoms with Crippen molar-refractivity contribution in [3.05, 3.63) is 0 Å². The smallest absolute Gasteiger partial charge is 0.0576 e. The molecular formula is C16H34N2O. The van der Waals surface area contributed by atoms with Crippen LogP contribution in [0.2, 0.25) is 0 Å². The molecule has 0 amide bonds. The lowest BCUT2D eigenvalue weighted by atomic mass is 9.82. The first kappa shape index (κ1) is 16.9. The maximum atomic E-state index is 5.70. The Morgan fingerprint density at radius 1 is 1.37 bits per heavy atom. The van der Waals surface area contributed by atoms with E-state index in [1.54, 1.807) is 0 Å². The minimum Gasteiger partial charge on any atom is -0.378 e. The predicted octanol–water partition coefficient (Wildman–Crippen LogP) is 3.63. The van der Waals surface area contributed by atoms with Crippen molar-refractivity contribution in [1.82, 2.24) is 5.43 Å². The van der Waals surface area contributed by atoms with Gasteiger partial charge in [0.15, 0.2) is 0 Å². The number of hydrogen-bond acceptors (Lipinski definition) is 3. The quantitative estimate of drug-likeness (QED) is 0.523. The molecule has 3 heteroatoms. The monoisotopic (exact) mass is 270 g/mol. The lowest BCUT2D eigenvalue weighted by Gasteiger charge is -2.26. The summed E-state index contributed by atoms with van der Waals surface area (Å²) < 4.78 is 5.66. The second-order valence-corrected chi connectivity index (χ2v) is 7.54. The first-order valence-electron chi connectivity index (χ1n) is 7.98. The van der Waals surface area contributed by atoms with E-state index in [4.69, 9.17) is 10.6 Å². The van der Waals surface area contributed by atoms with Crippen LogP contribution in [0.4, 0.5) is 0 Å². The van der Waals surface area contributed by atoms with E-state index in [-0.39, 0.29) is 0 Å². The van der Waals surface area contributed by atoms with E-state index in [9.17, 15) is 0 Å². The Morgan fingerprint density at radius 3 is 2.63 bits per heavy atom. The maximum Gasteiger partial charge on any atom is 0.0576 e. The van der Waals surface area contributed by atoms with Crippen LogP contribution in [0.5, 0.6) is 0 Å². The van der Waals surface area contributed by atoms with Gasteiger partial charge in [0.05, 0.1) is 6.10 Å². The second-order valence-electron chi connectivity index (χ2n) is 7.54. The lowest BCUT2D eigenvalue weighted by Crippen LogP contribution is -2.36. The summed E-state index contributed by atoms with van der Waals surface area (Å²) >= 11 is 0. The minimum atomic E-state index is 0.413. The van der Waals surface area contributed by atoms with Gasteiger partial charge in [-0.2, -0.15) is 0 Å². The Kier molecular flexibility index (Phi) is 7.33. The van der Waals surface area contributed by atoms with Gasteiger partial charge in [-0.3, -0.25) is 11.3 Å². The van der Waals surface area contributed by atoms with Crippen molar-refractivity contribution in [3.8, 4) is 0 Å². The molecule has 3 unspecified atom stereocenters. The molecule has 0 aromatic carbocycles. The van der Waals surface area contributed by atoms with Gasteiger partial charge in [0, 0.05) is 12.6 Å². The zero-order chi connectivity index (χ0) is 14.3. The first-order valence-corrected chi connectivity index (χ1v) is 7.98. The Labute approximate surface area is 119 Å². The molecule has 1 heterocycles. The van der Waals surface area contributed by atoms with Crippen LogP contribution in [-0.4, -0.2) is 18.8 Å². The molecule has 19 heavy (non-hydrogen) atoms. The molecule has 1 saturated heterocycles. The molecular weight excluding hydrogens is 236 g/mol. The largest absolute Gasteiger partial charge is 0.378 e. The number of rotatable bonds is 8. The third-order valence-electron chi connectivity index (χ3n) is 3.99. The van der Waals surface area contributed by atoms with Crippen molar-refractivity contribution < 1.29 is 4.74 Å². The number of nitrogens with two attached hydrogens (primary N) is 1. The van der Waals surface area contributed by atoms with Gasteiger partial charge in [0.25, 0.3) is 0 Å². The third kappa shape index (κ3) is 7.91. The van der Waals surface area contributed by atoms with E-state index < -0.39 is 0 Å². The lowest BCUT2D eigenvalue weighted by molar-refractivity contribution is 0.101. The Bertz CT molecular complexity index is 231. The van der Waals surface area contributed by atoms with E-state index in [1.165, 1.54) is 44.9 Å². The molecule has 0 bridgehead atoms. The Hall–Kier alpha value is -0.120. The van der Waals surface area contributed by atoms with E-state index in [1.807, 2.05) is 0 Å². The molecule has 0 radical (unpaired) electrons. The van der Waals surface area contributed by atoms with E-state index >= 15 is 0 Å². The van der Waals surface area contributed by atoms with Crippen LogP contribution in [-0.2, 0) is 4.74 Å². The topological polar surface area (TPSA) is 47.3 Å². The third-order valence-corrected chi connectivity index (χ3v) is 3.99. The highest BCUT2D eigenvalue weighted by Crippen LogP contribution is 2.27. The first-order chi connectivity index (χ1) is 8.90. The number of ether oxygens (including phenoxy) is 1. The summed E-state index contributed by atoms with van der Waals surface area (Å²) in [5.74, 6) is 6.42. The molecule has 0 aromatic heterocycles. The van der Waals surface area contributed by atoms with Crippen molar-refractivity contribution in [1.29, 1.82) is 0 Å². The standard InChI is InChI=1S/C16H34N2O/c1-13(12-16(2,3)4)11-14(18-17)7-5-8-15-9-6-10-19-15/h13-15,18H,5-12,17H2,1-4H3. The molecule has 3 nitrogen and oxygen atoms in total. The van der Waals surface area contributed by atoms with Gasteiger partial charge in [0.1, 0.15) is 0 Å². The van der Waals surface area contributed by atoms with Crippen LogP contribution >= 0.6 is 0 Å². The molecule has 1 fully saturated rings. The second kappa shape index (κ2) is 8.23. The van der Waals surface area contributed by atoms with Gasteiger partial charge < -0.3 is 4.74 Å². The van der Waals surface area contributed by atoms with Gasteiger partial charge in [-0.25, -0.2) is 0 Å². The summed E-state index contributed by atoms with van der Waals surface area (Å²) in [7, 11) is 0. The highest BCUT2D eigenvalue weighted by atomic mass is 16.5. The van der Waals surface area contributed by atoms with Gasteiger partial charge in [0.2, 0.25) is 0 Å². The highest BCUT2D eigenvalue weighted by Gasteiger charge is 2.20. The normalized spacial score (nSPS) is 23.5. The summed E-state index contributed by atoms with van der Waals surface area (Å²) in [6.45, 7) is 10.2. The summed E-state index contributed by atoms with van der Waals surface area (Å²) in [4.78, 5) is 0. The summed E-state index contributed by atoms with van der Waals surface area (Å²) in [6, 6.07) is 0.457. The molecule has 1 aliphatic heterocycles. The highest BCUT2D eigenvalue weighted by molar-refractivity contribution is 4.73. The number of hydrogen-bond donors (Lipinski definition) is 2. The molecule has 1 rings (SSSR count). The average Bonchev–Trinajstić information content (AvgIpc) is 2.78.